The first-order chi connectivity index (χ1) is 10.2. The summed E-state index contributed by atoms with van der Waals surface area (Å²) in [6, 6.07) is 1.52. The zero-order chi connectivity index (χ0) is 18.0. The predicted octanol–water partition coefficient (Wildman–Crippen LogP) is 4.61. The van der Waals surface area contributed by atoms with Gasteiger partial charge in [-0.15, -0.1) is 0 Å². The van der Waals surface area contributed by atoms with Gasteiger partial charge in [0.05, 0.1) is 0 Å². The maximum absolute atomic E-state index is 11.2. The maximum Gasteiger partial charge on any atom is 2.00 e. The number of hydrogen-bond acceptors (Lipinski definition) is 3. The summed E-state index contributed by atoms with van der Waals surface area (Å²) in [6.07, 6.45) is 15.4. The van der Waals surface area contributed by atoms with Gasteiger partial charge in [0.15, 0.2) is 0 Å². The number of nitrogens with two attached hydrogens (primary N) is 1. The van der Waals surface area contributed by atoms with Crippen molar-refractivity contribution in [3.63, 3.8) is 0 Å². The van der Waals surface area contributed by atoms with E-state index in [0.717, 1.165) is 0 Å². The topological polar surface area (TPSA) is 71.8 Å². The van der Waals surface area contributed by atoms with Crippen LogP contribution in [0.15, 0.2) is 41.4 Å². The Hall–Kier alpha value is -0.754. The summed E-state index contributed by atoms with van der Waals surface area (Å²) in [4.78, 5) is 15.9. The summed E-state index contributed by atoms with van der Waals surface area (Å²) in [5.41, 5.74) is 4.75. The van der Waals surface area contributed by atoms with E-state index >= 15 is 0 Å². The van der Waals surface area contributed by atoms with E-state index in [1.165, 1.54) is 37.9 Å². The molecule has 25 heavy (non-hydrogen) atoms. The van der Waals surface area contributed by atoms with E-state index in [1.54, 1.807) is 0 Å². The fraction of sp³-hybridized carbons (Fsp3) is 0.308. The van der Waals surface area contributed by atoms with E-state index in [2.05, 4.69) is 34.3 Å². The monoisotopic (exact) mass is 664 g/mol. The minimum absolute atomic E-state index is 0. The normalized spacial score (nSPS) is 18.3. The summed E-state index contributed by atoms with van der Waals surface area (Å²) in [6.45, 7) is 0. The Morgan fingerprint density at radius 2 is 1.24 bits per heavy atom. The van der Waals surface area contributed by atoms with E-state index in [-0.39, 0.29) is 28.5 Å². The summed E-state index contributed by atoms with van der Waals surface area (Å²) in [5, 5.41) is 0. The first-order valence-electron chi connectivity index (χ1n) is 6.41. The third-order valence-electron chi connectivity index (χ3n) is 2.03. The molecule has 0 radical (unpaired) electrons. The Balaban J connectivity index is -0.000000280. The van der Waals surface area contributed by atoms with Crippen LogP contribution in [0.4, 0.5) is 22.7 Å². The molecule has 0 spiro atoms. The number of halogens is 6. The molecule has 150 valence electrons. The van der Waals surface area contributed by atoms with Gasteiger partial charge in [0.1, 0.15) is 5.82 Å². The largest absolute Gasteiger partial charge is 2.00 e. The smallest absolute Gasteiger partial charge is 2.00 e. The van der Waals surface area contributed by atoms with Crippen LogP contribution < -0.4 is 11.4 Å². The molecule has 0 unspecified atom stereocenters. The first-order valence-corrected chi connectivity index (χ1v) is 12.2. The number of aromatic nitrogens is 2. The van der Waals surface area contributed by atoms with E-state index in [9.17, 15) is 21.7 Å². The molecule has 0 saturated carbocycles. The van der Waals surface area contributed by atoms with Crippen molar-refractivity contribution in [2.24, 2.45) is 0 Å². The molecule has 0 atom stereocenters. The van der Waals surface area contributed by atoms with Gasteiger partial charge in [-0.25, -0.2) is 9.78 Å². The Bertz CT molecular complexity index is 564. The Morgan fingerprint density at radius 1 is 0.920 bits per heavy atom. The summed E-state index contributed by atoms with van der Waals surface area (Å²) >= 11 is -11.2. The molecule has 2 rings (SSSR count). The fourth-order valence-electron chi connectivity index (χ4n) is 1.24. The quantitative estimate of drug-likeness (QED) is 0.184. The van der Waals surface area contributed by atoms with Gasteiger partial charge in [-0.05, 0) is 31.7 Å². The van der Waals surface area contributed by atoms with E-state index < -0.39 is 25.2 Å². The molecule has 0 saturated heterocycles. The van der Waals surface area contributed by atoms with Gasteiger partial charge in [-0.2, -0.15) is 0 Å². The molecule has 0 aromatic carbocycles. The van der Waals surface area contributed by atoms with Crippen molar-refractivity contribution in [2.45, 2.75) is 25.7 Å². The third kappa shape index (κ3) is 35.3. The van der Waals surface area contributed by atoms with Crippen LogP contribution in [0, 0.1) is 7.43 Å². The van der Waals surface area contributed by atoms with Gasteiger partial charge >= 0.3 is 63.1 Å². The second-order valence-corrected chi connectivity index (χ2v) is 9.86. The van der Waals surface area contributed by atoms with Crippen molar-refractivity contribution in [1.29, 1.82) is 0 Å². The van der Waals surface area contributed by atoms with Crippen LogP contribution in [0.5, 0.6) is 0 Å². The molecule has 0 fully saturated rings. The number of hydrogen-bond donors (Lipinski definition) is 2. The molecule has 1 aromatic heterocycles. The van der Waals surface area contributed by atoms with Crippen LogP contribution in [0.3, 0.4) is 0 Å². The Labute approximate surface area is 158 Å². The number of nitrogens with one attached hydrogen (secondary N) is 1. The molecule has 0 amide bonds. The Morgan fingerprint density at radius 3 is 1.44 bits per heavy atom. The minimum atomic E-state index is -11.2. The molecule has 3 N–H and O–H groups in total. The molecule has 0 bridgehead atoms. The zero-order valence-corrected chi connectivity index (χ0v) is 18.1. The molecule has 1 aromatic rings. The third-order valence-corrected chi connectivity index (χ3v) is 2.03. The fourth-order valence-corrected chi connectivity index (χ4v) is 1.24. The molecule has 4 nitrogen and oxygen atoms in total. The van der Waals surface area contributed by atoms with E-state index in [1.807, 2.05) is 0 Å². The number of H-pyrrole nitrogens is 1. The molecular formula is C13H20F6N3OPtSb. The summed E-state index contributed by atoms with van der Waals surface area (Å²) < 4.78 is 59.6. The number of anilines is 1. The van der Waals surface area contributed by atoms with E-state index in [4.69, 9.17) is 5.73 Å². The number of rotatable bonds is 0. The number of allylic oxidation sites excluding steroid dienone is 4. The molecule has 12 heteroatoms. The standard InChI is InChI=1S/C8H12.C4H5N3O.CH3.6FH.Pt.Sb/c1-2-4-6-8-7-5-3-1;5-3-1-2-6-4(8)7-3;;;;;;;;;/h1-2,7-8H,3-6H2;1-2H,(H3,5,6,7,8);1H3;6*1H;;/q;;-1;;;;;;;+2;+5/p-6/b2-1-,8-7-;;;;;;;;;;. The van der Waals surface area contributed by atoms with Gasteiger partial charge in [0.25, 0.3) is 0 Å². The summed E-state index contributed by atoms with van der Waals surface area (Å²) in [7, 11) is 0. The van der Waals surface area contributed by atoms with Crippen LogP contribution in [0.25, 0.3) is 0 Å². The van der Waals surface area contributed by atoms with Gasteiger partial charge in [-0.3, -0.25) is 4.98 Å². The second kappa shape index (κ2) is 11.1. The predicted molar refractivity (Wildman–Crippen MR) is 84.8 cm³/mol. The minimum Gasteiger partial charge on any atom is 2.00 e. The number of nitrogens with zero attached hydrogens (tertiary/aromatic N) is 1. The van der Waals surface area contributed by atoms with Crippen LogP contribution in [-0.2, 0) is 21.1 Å². The molecule has 0 aliphatic heterocycles. The number of aromatic amines is 1. The number of nitrogen functional groups attached to an aromatic ring is 1. The van der Waals surface area contributed by atoms with Crippen LogP contribution in [0.2, 0.25) is 0 Å². The van der Waals surface area contributed by atoms with Crippen LogP contribution in [-0.4, -0.2) is 29.4 Å². The average Bonchev–Trinajstić information content (AvgIpc) is 2.23. The van der Waals surface area contributed by atoms with Crippen molar-refractivity contribution in [3.05, 3.63) is 54.5 Å². The Kier molecular flexibility index (Phi) is 12.8. The van der Waals surface area contributed by atoms with Gasteiger partial charge in [0, 0.05) is 6.20 Å². The van der Waals surface area contributed by atoms with Gasteiger partial charge in [0.2, 0.25) is 0 Å². The molecule has 1 heterocycles. The van der Waals surface area contributed by atoms with Crippen molar-refractivity contribution >= 4 is 25.3 Å². The molecule has 1 aliphatic rings. The zero-order valence-electron chi connectivity index (χ0n) is 13.3. The van der Waals surface area contributed by atoms with Gasteiger partial charge in [-0.1, -0.05) is 24.3 Å². The van der Waals surface area contributed by atoms with Crippen LogP contribution in [0.1, 0.15) is 25.7 Å². The van der Waals surface area contributed by atoms with Crippen molar-refractivity contribution in [3.8, 4) is 0 Å². The van der Waals surface area contributed by atoms with E-state index in [0.29, 0.717) is 5.82 Å². The first kappa shape index (κ1) is 29.0. The van der Waals surface area contributed by atoms with Crippen molar-refractivity contribution in [1.82, 2.24) is 9.97 Å². The SMILES string of the molecule is C1=C\CC/C=C\CC/1.Nc1ccnc(=O)[nH]1.[CH3-].[F][Sb-]([F])([F])([F])([F])[F].[Pt+2]. The maximum atomic E-state index is 10.2. The molecule has 1 aliphatic carbocycles. The summed E-state index contributed by atoms with van der Waals surface area (Å²) in [5.74, 6) is 0.338. The molecular weight excluding hydrogens is 645 g/mol. The average molecular weight is 665 g/mol. The van der Waals surface area contributed by atoms with Gasteiger partial charge < -0.3 is 13.2 Å². The van der Waals surface area contributed by atoms with Crippen molar-refractivity contribution < 1.29 is 37.9 Å². The van der Waals surface area contributed by atoms with Crippen LogP contribution >= 0.6 is 0 Å². The second-order valence-electron chi connectivity index (χ2n) is 4.39. The van der Waals surface area contributed by atoms with Crippen molar-refractivity contribution in [2.75, 3.05) is 5.73 Å².